The van der Waals surface area contributed by atoms with Gasteiger partial charge in [-0.25, -0.2) is 0 Å². The lowest BCUT2D eigenvalue weighted by atomic mass is 9.90. The van der Waals surface area contributed by atoms with Crippen LogP contribution in [0.4, 0.5) is 11.4 Å². The van der Waals surface area contributed by atoms with E-state index in [0.717, 1.165) is 22.5 Å². The zero-order valence-corrected chi connectivity index (χ0v) is 12.6. The highest BCUT2D eigenvalue weighted by Gasteiger charge is 2.31. The first-order valence-electron chi connectivity index (χ1n) is 7.34. The summed E-state index contributed by atoms with van der Waals surface area (Å²) in [5, 5.41) is 14.7. The van der Waals surface area contributed by atoms with Crippen molar-refractivity contribution in [2.75, 3.05) is 24.3 Å². The summed E-state index contributed by atoms with van der Waals surface area (Å²) in [6.07, 6.45) is 0. The third-order valence-corrected chi connectivity index (χ3v) is 4.23. The van der Waals surface area contributed by atoms with Gasteiger partial charge in [0.15, 0.2) is 0 Å². The number of rotatable bonds is 1. The van der Waals surface area contributed by atoms with Gasteiger partial charge in [0.05, 0.1) is 18.4 Å². The average Bonchev–Trinajstić information content (AvgIpc) is 2.90. The molecule has 0 atom stereocenters. The molecule has 2 aliphatic rings. The maximum Gasteiger partial charge on any atom is 0.256 e. The molecule has 0 aliphatic carbocycles. The molecule has 0 fully saturated rings. The SMILES string of the molecule is COc1ccc2c(c1)/C(=C1/CNc3ccccc3C1=N)C(=O)N2. The highest BCUT2D eigenvalue weighted by Crippen LogP contribution is 2.38. The van der Waals surface area contributed by atoms with Gasteiger partial charge in [0.25, 0.3) is 5.91 Å². The Morgan fingerprint density at radius 3 is 2.74 bits per heavy atom. The normalized spacial score (nSPS) is 18.8. The number of methoxy groups -OCH3 is 1. The predicted molar refractivity (Wildman–Crippen MR) is 90.3 cm³/mol. The first-order valence-corrected chi connectivity index (χ1v) is 7.34. The molecule has 0 bridgehead atoms. The van der Waals surface area contributed by atoms with Gasteiger partial charge in [0.1, 0.15) is 5.75 Å². The molecule has 3 N–H and O–H groups in total. The Kier molecular flexibility index (Phi) is 2.94. The summed E-state index contributed by atoms with van der Waals surface area (Å²) in [7, 11) is 1.60. The summed E-state index contributed by atoms with van der Waals surface area (Å²) in [6.45, 7) is 0.454. The smallest absolute Gasteiger partial charge is 0.256 e. The summed E-state index contributed by atoms with van der Waals surface area (Å²) in [5.41, 5.74) is 4.91. The van der Waals surface area contributed by atoms with Crippen molar-refractivity contribution >= 4 is 28.6 Å². The van der Waals surface area contributed by atoms with Crippen LogP contribution in [0.3, 0.4) is 0 Å². The first-order chi connectivity index (χ1) is 11.2. The molecule has 2 aromatic rings. The Hall–Kier alpha value is -3.08. The van der Waals surface area contributed by atoms with Crippen molar-refractivity contribution in [2.45, 2.75) is 0 Å². The van der Waals surface area contributed by atoms with E-state index in [0.29, 0.717) is 29.2 Å². The molecule has 2 aromatic carbocycles. The molecule has 4 rings (SSSR count). The third kappa shape index (κ3) is 2.01. The van der Waals surface area contributed by atoms with Gasteiger partial charge in [-0.05, 0) is 24.3 Å². The molecular formula is C18H15N3O2. The van der Waals surface area contributed by atoms with E-state index in [1.807, 2.05) is 42.5 Å². The quantitative estimate of drug-likeness (QED) is 0.709. The van der Waals surface area contributed by atoms with Crippen molar-refractivity contribution in [1.82, 2.24) is 0 Å². The van der Waals surface area contributed by atoms with E-state index in [2.05, 4.69) is 10.6 Å². The molecular weight excluding hydrogens is 290 g/mol. The molecule has 0 aromatic heterocycles. The molecule has 2 aliphatic heterocycles. The molecule has 0 saturated heterocycles. The van der Waals surface area contributed by atoms with E-state index in [9.17, 15) is 4.79 Å². The fourth-order valence-corrected chi connectivity index (χ4v) is 3.08. The van der Waals surface area contributed by atoms with Crippen LogP contribution in [-0.4, -0.2) is 25.3 Å². The lowest BCUT2D eigenvalue weighted by Crippen LogP contribution is -2.24. The standard InChI is InChI=1S/C18H15N3O2/c1-23-10-6-7-15-12(8-10)16(18(22)21-15)13-9-20-14-5-3-2-4-11(14)17(13)19/h2-8,19-20H,9H2,1H3,(H,21,22)/b16-13+,19-17?. The molecule has 5 heteroatoms. The lowest BCUT2D eigenvalue weighted by molar-refractivity contribution is -0.110. The Labute approximate surface area is 133 Å². The van der Waals surface area contributed by atoms with Crippen LogP contribution in [0, 0.1) is 5.41 Å². The largest absolute Gasteiger partial charge is 0.497 e. The number of amides is 1. The minimum Gasteiger partial charge on any atom is -0.497 e. The fourth-order valence-electron chi connectivity index (χ4n) is 3.08. The van der Waals surface area contributed by atoms with Crippen molar-refractivity contribution in [3.63, 3.8) is 0 Å². The molecule has 1 amide bonds. The highest BCUT2D eigenvalue weighted by molar-refractivity contribution is 6.38. The second kappa shape index (κ2) is 4.98. The Balaban J connectivity index is 1.90. The number of carbonyl (C=O) groups is 1. The number of carbonyl (C=O) groups excluding carboxylic acids is 1. The van der Waals surface area contributed by atoms with Crippen LogP contribution < -0.4 is 15.4 Å². The van der Waals surface area contributed by atoms with Gasteiger partial charge in [0.2, 0.25) is 0 Å². The van der Waals surface area contributed by atoms with Crippen LogP contribution in [0.2, 0.25) is 0 Å². The van der Waals surface area contributed by atoms with Crippen molar-refractivity contribution in [3.8, 4) is 5.75 Å². The van der Waals surface area contributed by atoms with E-state index in [1.165, 1.54) is 0 Å². The van der Waals surface area contributed by atoms with Crippen LogP contribution in [0.1, 0.15) is 11.1 Å². The second-order valence-electron chi connectivity index (χ2n) is 5.49. The summed E-state index contributed by atoms with van der Waals surface area (Å²) >= 11 is 0. The van der Waals surface area contributed by atoms with Gasteiger partial charge in [-0.2, -0.15) is 0 Å². The number of fused-ring (bicyclic) bond motifs is 2. The van der Waals surface area contributed by atoms with Gasteiger partial charge in [-0.1, -0.05) is 18.2 Å². The second-order valence-corrected chi connectivity index (χ2v) is 5.49. The van der Waals surface area contributed by atoms with Crippen molar-refractivity contribution in [1.29, 1.82) is 5.41 Å². The van der Waals surface area contributed by atoms with Crippen molar-refractivity contribution in [2.24, 2.45) is 0 Å². The number of nitrogens with one attached hydrogen (secondary N) is 3. The molecule has 5 nitrogen and oxygen atoms in total. The van der Waals surface area contributed by atoms with E-state index < -0.39 is 0 Å². The minimum absolute atomic E-state index is 0.172. The van der Waals surface area contributed by atoms with Crippen molar-refractivity contribution in [3.05, 3.63) is 59.2 Å². The number of benzene rings is 2. The van der Waals surface area contributed by atoms with E-state index in [1.54, 1.807) is 7.11 Å². The third-order valence-electron chi connectivity index (χ3n) is 4.23. The number of hydrogen-bond donors (Lipinski definition) is 3. The molecule has 0 unspecified atom stereocenters. The van der Waals surface area contributed by atoms with Crippen LogP contribution in [0.25, 0.3) is 5.57 Å². The first kappa shape index (κ1) is 13.6. The van der Waals surface area contributed by atoms with Crippen LogP contribution in [-0.2, 0) is 4.79 Å². The average molecular weight is 305 g/mol. The maximum atomic E-state index is 12.5. The monoisotopic (exact) mass is 305 g/mol. The van der Waals surface area contributed by atoms with Gasteiger partial charge >= 0.3 is 0 Å². The van der Waals surface area contributed by atoms with Crippen LogP contribution in [0.5, 0.6) is 5.75 Å². The van der Waals surface area contributed by atoms with Gasteiger partial charge in [-0.15, -0.1) is 0 Å². The predicted octanol–water partition coefficient (Wildman–Crippen LogP) is 2.89. The molecule has 23 heavy (non-hydrogen) atoms. The molecule has 2 heterocycles. The van der Waals surface area contributed by atoms with E-state index >= 15 is 0 Å². The topological polar surface area (TPSA) is 74.2 Å². The van der Waals surface area contributed by atoms with Gasteiger partial charge in [-0.3, -0.25) is 10.2 Å². The van der Waals surface area contributed by atoms with Crippen LogP contribution >= 0.6 is 0 Å². The van der Waals surface area contributed by atoms with Gasteiger partial charge < -0.3 is 15.4 Å². The summed E-state index contributed by atoms with van der Waals surface area (Å²) < 4.78 is 5.26. The van der Waals surface area contributed by atoms with Crippen molar-refractivity contribution < 1.29 is 9.53 Å². The highest BCUT2D eigenvalue weighted by atomic mass is 16.5. The summed E-state index contributed by atoms with van der Waals surface area (Å²) in [6, 6.07) is 13.1. The molecule has 0 saturated carbocycles. The van der Waals surface area contributed by atoms with Crippen LogP contribution in [0.15, 0.2) is 48.0 Å². The van der Waals surface area contributed by atoms with E-state index in [-0.39, 0.29) is 5.91 Å². The molecule has 0 spiro atoms. The van der Waals surface area contributed by atoms with Gasteiger partial charge in [0, 0.05) is 34.6 Å². The Morgan fingerprint density at radius 1 is 1.09 bits per heavy atom. The summed E-state index contributed by atoms with van der Waals surface area (Å²) in [4.78, 5) is 12.5. The Morgan fingerprint density at radius 2 is 1.91 bits per heavy atom. The lowest BCUT2D eigenvalue weighted by Gasteiger charge is -2.23. The maximum absolute atomic E-state index is 12.5. The zero-order valence-electron chi connectivity index (χ0n) is 12.6. The Bertz CT molecular complexity index is 884. The fraction of sp³-hybridized carbons (Fsp3) is 0.111. The van der Waals surface area contributed by atoms with E-state index in [4.69, 9.17) is 10.1 Å². The number of para-hydroxylation sites is 1. The number of ether oxygens (including phenoxy) is 1. The zero-order chi connectivity index (χ0) is 16.0. The number of hydrogen-bond acceptors (Lipinski definition) is 4. The minimum atomic E-state index is -0.172. The number of anilines is 2. The molecule has 0 radical (unpaired) electrons. The molecule has 114 valence electrons. The summed E-state index contributed by atoms with van der Waals surface area (Å²) in [5.74, 6) is 0.517.